The number of benzene rings is 1. The summed E-state index contributed by atoms with van der Waals surface area (Å²) in [4.78, 5) is 4.40. The molecule has 0 bridgehead atoms. The molecule has 0 spiro atoms. The van der Waals surface area contributed by atoms with E-state index < -0.39 is 0 Å². The maximum absolute atomic E-state index is 5.34. The van der Waals surface area contributed by atoms with Gasteiger partial charge in [-0.3, -0.25) is 0 Å². The number of nitrogens with zero attached hydrogens (tertiary/aromatic N) is 1. The number of rotatable bonds is 5. The maximum Gasteiger partial charge on any atom is 0.237 e. The first-order chi connectivity index (χ1) is 10.4. The van der Waals surface area contributed by atoms with Gasteiger partial charge in [-0.15, -0.1) is 0 Å². The van der Waals surface area contributed by atoms with Gasteiger partial charge in [0.2, 0.25) is 5.88 Å². The molecule has 1 aromatic heterocycles. The highest BCUT2D eigenvalue weighted by atomic mass is 16.5. The molecule has 2 aromatic rings. The van der Waals surface area contributed by atoms with Crippen molar-refractivity contribution in [1.82, 2.24) is 4.98 Å². The molecule has 4 heteroatoms. The Morgan fingerprint density at radius 2 is 1.73 bits per heavy atom. The molecule has 1 N–H and O–H groups in total. The van der Waals surface area contributed by atoms with Crippen LogP contribution in [0.5, 0.6) is 11.6 Å². The molecule has 0 unspecified atom stereocenters. The summed E-state index contributed by atoms with van der Waals surface area (Å²) >= 11 is 0. The molecule has 1 aromatic carbocycles. The molecule has 0 atom stereocenters. The van der Waals surface area contributed by atoms with E-state index in [2.05, 4.69) is 37.1 Å². The Kier molecular flexibility index (Phi) is 4.91. The van der Waals surface area contributed by atoms with Crippen LogP contribution in [-0.4, -0.2) is 19.2 Å². The fourth-order valence-corrected chi connectivity index (χ4v) is 2.09. The van der Waals surface area contributed by atoms with E-state index in [1.807, 2.05) is 30.5 Å². The van der Waals surface area contributed by atoms with Gasteiger partial charge in [-0.2, -0.15) is 0 Å². The Morgan fingerprint density at radius 1 is 1.05 bits per heavy atom. The first kappa shape index (κ1) is 16.1. The summed E-state index contributed by atoms with van der Waals surface area (Å²) < 4.78 is 10.5. The molecule has 2 rings (SSSR count). The Balaban J connectivity index is 2.16. The van der Waals surface area contributed by atoms with Gasteiger partial charge in [0, 0.05) is 12.7 Å². The van der Waals surface area contributed by atoms with Gasteiger partial charge in [0.05, 0.1) is 19.9 Å². The molecule has 0 radical (unpaired) electrons. The number of hydrogen-bond donors (Lipinski definition) is 1. The highest BCUT2D eigenvalue weighted by Gasteiger charge is 2.16. The topological polar surface area (TPSA) is 43.4 Å². The largest absolute Gasteiger partial charge is 0.497 e. The fourth-order valence-electron chi connectivity index (χ4n) is 2.09. The van der Waals surface area contributed by atoms with Crippen molar-refractivity contribution in [3.63, 3.8) is 0 Å². The van der Waals surface area contributed by atoms with E-state index >= 15 is 0 Å². The molecular formula is C18H24N2O2. The van der Waals surface area contributed by atoms with Gasteiger partial charge in [-0.1, -0.05) is 32.9 Å². The van der Waals surface area contributed by atoms with Crippen molar-refractivity contribution in [3.05, 3.63) is 47.7 Å². The van der Waals surface area contributed by atoms with Gasteiger partial charge in [-0.05, 0) is 34.7 Å². The number of hydrogen-bond acceptors (Lipinski definition) is 4. The fraction of sp³-hybridized carbons (Fsp3) is 0.389. The van der Waals surface area contributed by atoms with Crippen molar-refractivity contribution < 1.29 is 9.47 Å². The van der Waals surface area contributed by atoms with Crippen LogP contribution in [0.3, 0.4) is 0 Å². The lowest BCUT2D eigenvalue weighted by molar-refractivity contribution is 0.398. The molecule has 22 heavy (non-hydrogen) atoms. The van der Waals surface area contributed by atoms with Crippen molar-refractivity contribution >= 4 is 5.69 Å². The second-order valence-corrected chi connectivity index (χ2v) is 6.23. The van der Waals surface area contributed by atoms with Crippen LogP contribution in [0.2, 0.25) is 0 Å². The normalized spacial score (nSPS) is 11.1. The SMILES string of the molecule is COc1ccc(CNc2cc(C(C)(C)C)cnc2OC)cc1. The molecule has 0 aliphatic carbocycles. The van der Waals surface area contributed by atoms with Gasteiger partial charge in [0.1, 0.15) is 5.75 Å². The zero-order valence-electron chi connectivity index (χ0n) is 13.9. The number of anilines is 1. The lowest BCUT2D eigenvalue weighted by Crippen LogP contribution is -2.13. The third-order valence-electron chi connectivity index (χ3n) is 3.55. The Hall–Kier alpha value is -2.23. The molecule has 0 saturated heterocycles. The van der Waals surface area contributed by atoms with Crippen molar-refractivity contribution in [3.8, 4) is 11.6 Å². The average Bonchev–Trinajstić information content (AvgIpc) is 2.52. The number of aromatic nitrogens is 1. The van der Waals surface area contributed by atoms with E-state index in [9.17, 15) is 0 Å². The Morgan fingerprint density at radius 3 is 2.27 bits per heavy atom. The lowest BCUT2D eigenvalue weighted by Gasteiger charge is -2.20. The van der Waals surface area contributed by atoms with Crippen LogP contribution in [0, 0.1) is 0 Å². The highest BCUT2D eigenvalue weighted by molar-refractivity contribution is 5.55. The van der Waals surface area contributed by atoms with Crippen LogP contribution in [0.1, 0.15) is 31.9 Å². The summed E-state index contributed by atoms with van der Waals surface area (Å²) in [7, 11) is 3.31. The van der Waals surface area contributed by atoms with E-state index in [1.54, 1.807) is 14.2 Å². The molecule has 4 nitrogen and oxygen atoms in total. The third kappa shape index (κ3) is 3.91. The second-order valence-electron chi connectivity index (χ2n) is 6.23. The van der Waals surface area contributed by atoms with Crippen LogP contribution in [-0.2, 0) is 12.0 Å². The summed E-state index contributed by atoms with van der Waals surface area (Å²) in [5, 5.41) is 3.40. The summed E-state index contributed by atoms with van der Waals surface area (Å²) in [5.41, 5.74) is 3.30. The minimum Gasteiger partial charge on any atom is -0.497 e. The van der Waals surface area contributed by atoms with Crippen molar-refractivity contribution in [1.29, 1.82) is 0 Å². The molecule has 0 aliphatic rings. The van der Waals surface area contributed by atoms with E-state index in [-0.39, 0.29) is 5.41 Å². The van der Waals surface area contributed by atoms with Crippen LogP contribution in [0.25, 0.3) is 0 Å². The first-order valence-corrected chi connectivity index (χ1v) is 7.35. The Bertz CT molecular complexity index is 616. The molecular weight excluding hydrogens is 276 g/mol. The minimum absolute atomic E-state index is 0.0514. The molecule has 118 valence electrons. The summed E-state index contributed by atoms with van der Waals surface area (Å²) in [6.07, 6.45) is 1.87. The zero-order chi connectivity index (χ0) is 16.2. The predicted molar refractivity (Wildman–Crippen MR) is 89.8 cm³/mol. The van der Waals surface area contributed by atoms with Gasteiger partial charge in [0.25, 0.3) is 0 Å². The van der Waals surface area contributed by atoms with E-state index in [0.717, 1.165) is 11.4 Å². The second kappa shape index (κ2) is 6.69. The first-order valence-electron chi connectivity index (χ1n) is 7.35. The number of pyridine rings is 1. The van der Waals surface area contributed by atoms with Crippen LogP contribution >= 0.6 is 0 Å². The summed E-state index contributed by atoms with van der Waals surface area (Å²) in [6, 6.07) is 10.1. The molecule has 0 amide bonds. The van der Waals surface area contributed by atoms with Crippen LogP contribution in [0.4, 0.5) is 5.69 Å². The quantitative estimate of drug-likeness (QED) is 0.906. The molecule has 0 saturated carbocycles. The zero-order valence-corrected chi connectivity index (χ0v) is 13.9. The summed E-state index contributed by atoms with van der Waals surface area (Å²) in [6.45, 7) is 7.22. The van der Waals surface area contributed by atoms with Gasteiger partial charge < -0.3 is 14.8 Å². The molecule has 1 heterocycles. The maximum atomic E-state index is 5.34. The van der Waals surface area contributed by atoms with Crippen LogP contribution < -0.4 is 14.8 Å². The molecule has 0 aliphatic heterocycles. The minimum atomic E-state index is 0.0514. The van der Waals surface area contributed by atoms with E-state index in [1.165, 1.54) is 11.1 Å². The van der Waals surface area contributed by atoms with Gasteiger partial charge in [0.15, 0.2) is 0 Å². The predicted octanol–water partition coefficient (Wildman–Crippen LogP) is 4.01. The molecule has 0 fully saturated rings. The monoisotopic (exact) mass is 300 g/mol. The van der Waals surface area contributed by atoms with Gasteiger partial charge >= 0.3 is 0 Å². The number of ether oxygens (including phenoxy) is 2. The van der Waals surface area contributed by atoms with Crippen molar-refractivity contribution in [2.75, 3.05) is 19.5 Å². The lowest BCUT2D eigenvalue weighted by atomic mass is 9.88. The highest BCUT2D eigenvalue weighted by Crippen LogP contribution is 2.29. The smallest absolute Gasteiger partial charge is 0.237 e. The van der Waals surface area contributed by atoms with E-state index in [4.69, 9.17) is 9.47 Å². The average molecular weight is 300 g/mol. The Labute approximate surface area is 132 Å². The standard InChI is InChI=1S/C18H24N2O2/c1-18(2,3)14-10-16(17(22-5)20-12-14)19-11-13-6-8-15(21-4)9-7-13/h6-10,12,19H,11H2,1-5H3. The van der Waals surface area contributed by atoms with E-state index in [0.29, 0.717) is 12.4 Å². The number of nitrogens with one attached hydrogen (secondary N) is 1. The summed E-state index contributed by atoms with van der Waals surface area (Å²) in [5.74, 6) is 1.47. The van der Waals surface area contributed by atoms with Crippen LogP contribution in [0.15, 0.2) is 36.5 Å². The third-order valence-corrected chi connectivity index (χ3v) is 3.55. The number of methoxy groups -OCH3 is 2. The van der Waals surface area contributed by atoms with Crippen molar-refractivity contribution in [2.45, 2.75) is 32.7 Å². The van der Waals surface area contributed by atoms with Gasteiger partial charge in [-0.25, -0.2) is 4.98 Å². The van der Waals surface area contributed by atoms with Crippen molar-refractivity contribution in [2.24, 2.45) is 0 Å².